The maximum Gasteiger partial charge on any atom is 0.307 e. The number of rotatable bonds is 5. The summed E-state index contributed by atoms with van der Waals surface area (Å²) in [4.78, 5) is 11.0. The molecule has 0 aromatic rings. The molecule has 1 rings (SSSR count). The number of carbonyl (C=O) groups excluding carboxylic acids is 1. The summed E-state index contributed by atoms with van der Waals surface area (Å²) >= 11 is 0. The Hall–Kier alpha value is -0.570. The highest BCUT2D eigenvalue weighted by atomic mass is 16.5. The molecule has 1 aliphatic carbocycles. The van der Waals surface area contributed by atoms with Crippen molar-refractivity contribution < 1.29 is 9.53 Å². The van der Waals surface area contributed by atoms with Gasteiger partial charge in [0.25, 0.3) is 0 Å². The molecule has 3 heteroatoms. The summed E-state index contributed by atoms with van der Waals surface area (Å²) in [6.45, 7) is 5.40. The van der Waals surface area contributed by atoms with Crippen molar-refractivity contribution in [1.82, 2.24) is 5.32 Å². The summed E-state index contributed by atoms with van der Waals surface area (Å²) < 4.78 is 4.63. The van der Waals surface area contributed by atoms with Gasteiger partial charge in [-0.05, 0) is 38.1 Å². The highest BCUT2D eigenvalue weighted by molar-refractivity contribution is 5.69. The lowest BCUT2D eigenvalue weighted by Crippen LogP contribution is -2.32. The number of nitrogens with one attached hydrogen (secondary N) is 1. The average molecular weight is 213 g/mol. The van der Waals surface area contributed by atoms with Crippen molar-refractivity contribution in [3.05, 3.63) is 0 Å². The molecular weight excluding hydrogens is 190 g/mol. The van der Waals surface area contributed by atoms with Gasteiger partial charge in [0.05, 0.1) is 13.5 Å². The number of esters is 1. The third kappa shape index (κ3) is 4.65. The molecule has 15 heavy (non-hydrogen) atoms. The second-order valence-electron chi connectivity index (χ2n) is 4.87. The third-order valence-electron chi connectivity index (χ3n) is 3.26. The Morgan fingerprint density at radius 3 is 2.80 bits per heavy atom. The van der Waals surface area contributed by atoms with Crippen molar-refractivity contribution in [1.29, 1.82) is 0 Å². The molecule has 1 aliphatic rings. The lowest BCUT2D eigenvalue weighted by atomic mass is 10.1. The van der Waals surface area contributed by atoms with E-state index in [9.17, 15) is 4.79 Å². The Morgan fingerprint density at radius 2 is 2.27 bits per heavy atom. The first kappa shape index (κ1) is 12.5. The molecule has 0 saturated heterocycles. The lowest BCUT2D eigenvalue weighted by molar-refractivity contribution is -0.141. The average Bonchev–Trinajstić information content (AvgIpc) is 2.61. The fourth-order valence-electron chi connectivity index (χ4n) is 2.28. The van der Waals surface area contributed by atoms with Gasteiger partial charge in [-0.2, -0.15) is 0 Å². The maximum absolute atomic E-state index is 11.0. The molecule has 0 bridgehead atoms. The van der Waals surface area contributed by atoms with Crippen molar-refractivity contribution in [2.24, 2.45) is 11.8 Å². The predicted octanol–water partition coefficient (Wildman–Crippen LogP) is 1.96. The Morgan fingerprint density at radius 1 is 1.53 bits per heavy atom. The van der Waals surface area contributed by atoms with E-state index in [2.05, 4.69) is 17.0 Å². The molecule has 3 nitrogen and oxygen atoms in total. The summed E-state index contributed by atoms with van der Waals surface area (Å²) in [6, 6.07) is 0.230. The van der Waals surface area contributed by atoms with E-state index < -0.39 is 0 Å². The Kier molecular flexibility index (Phi) is 5.09. The first-order chi connectivity index (χ1) is 7.11. The zero-order chi connectivity index (χ0) is 11.3. The van der Waals surface area contributed by atoms with E-state index in [0.717, 1.165) is 18.4 Å². The predicted molar refractivity (Wildman–Crippen MR) is 60.6 cm³/mol. The van der Waals surface area contributed by atoms with Crippen molar-refractivity contribution >= 4 is 5.97 Å². The second-order valence-corrected chi connectivity index (χ2v) is 4.87. The highest BCUT2D eigenvalue weighted by Gasteiger charge is 2.21. The molecule has 0 aliphatic heterocycles. The van der Waals surface area contributed by atoms with E-state index in [4.69, 9.17) is 0 Å². The van der Waals surface area contributed by atoms with Crippen LogP contribution < -0.4 is 5.32 Å². The normalized spacial score (nSPS) is 27.7. The summed E-state index contributed by atoms with van der Waals surface area (Å²) in [6.07, 6.45) is 4.49. The molecule has 0 radical (unpaired) electrons. The molecule has 0 aromatic heterocycles. The smallest absolute Gasteiger partial charge is 0.307 e. The lowest BCUT2D eigenvalue weighted by Gasteiger charge is -2.16. The minimum absolute atomic E-state index is 0.130. The zero-order valence-corrected chi connectivity index (χ0v) is 10.1. The number of methoxy groups -OCH3 is 1. The van der Waals surface area contributed by atoms with Gasteiger partial charge in [0.1, 0.15) is 0 Å². The van der Waals surface area contributed by atoms with Gasteiger partial charge in [-0.3, -0.25) is 4.79 Å². The third-order valence-corrected chi connectivity index (χ3v) is 3.26. The van der Waals surface area contributed by atoms with Gasteiger partial charge in [0.2, 0.25) is 0 Å². The van der Waals surface area contributed by atoms with Crippen molar-refractivity contribution in [2.75, 3.05) is 13.7 Å². The van der Waals surface area contributed by atoms with Crippen LogP contribution in [0, 0.1) is 11.8 Å². The van der Waals surface area contributed by atoms with Crippen molar-refractivity contribution in [3.8, 4) is 0 Å². The quantitative estimate of drug-likeness (QED) is 0.709. The Labute approximate surface area is 92.6 Å². The first-order valence-corrected chi connectivity index (χ1v) is 5.92. The zero-order valence-electron chi connectivity index (χ0n) is 10.1. The monoisotopic (exact) mass is 213 g/mol. The summed E-state index contributed by atoms with van der Waals surface area (Å²) in [5.74, 6) is 1.56. The number of ether oxygens (including phenoxy) is 1. The largest absolute Gasteiger partial charge is 0.469 e. The molecule has 3 unspecified atom stereocenters. The van der Waals surface area contributed by atoms with Gasteiger partial charge in [-0.25, -0.2) is 0 Å². The summed E-state index contributed by atoms with van der Waals surface area (Å²) in [5.41, 5.74) is 0. The van der Waals surface area contributed by atoms with Crippen LogP contribution in [0.3, 0.4) is 0 Å². The SMILES string of the molecule is COC(=O)CC(C)NCC1CCC(C)C1. The second kappa shape index (κ2) is 6.11. The molecule has 0 heterocycles. The van der Waals surface area contributed by atoms with Gasteiger partial charge in [0, 0.05) is 6.04 Å². The molecule has 1 saturated carbocycles. The first-order valence-electron chi connectivity index (χ1n) is 5.92. The van der Waals surface area contributed by atoms with E-state index in [1.54, 1.807) is 0 Å². The van der Waals surface area contributed by atoms with Gasteiger partial charge in [-0.1, -0.05) is 13.3 Å². The van der Waals surface area contributed by atoms with Crippen LogP contribution in [-0.4, -0.2) is 25.7 Å². The molecule has 0 aromatic carbocycles. The van der Waals surface area contributed by atoms with Crippen LogP contribution in [0.5, 0.6) is 0 Å². The number of hydrogen-bond donors (Lipinski definition) is 1. The van der Waals surface area contributed by atoms with Gasteiger partial charge in [-0.15, -0.1) is 0 Å². The minimum Gasteiger partial charge on any atom is -0.469 e. The summed E-state index contributed by atoms with van der Waals surface area (Å²) in [7, 11) is 1.44. The van der Waals surface area contributed by atoms with E-state index in [1.165, 1.54) is 26.4 Å². The number of hydrogen-bond acceptors (Lipinski definition) is 3. The molecular formula is C12H23NO2. The molecule has 3 atom stereocenters. The highest BCUT2D eigenvalue weighted by Crippen LogP contribution is 2.29. The van der Waals surface area contributed by atoms with Gasteiger partial charge in [0.15, 0.2) is 0 Å². The fourth-order valence-corrected chi connectivity index (χ4v) is 2.28. The van der Waals surface area contributed by atoms with E-state index >= 15 is 0 Å². The number of carbonyl (C=O) groups is 1. The summed E-state index contributed by atoms with van der Waals surface area (Å²) in [5, 5.41) is 3.41. The van der Waals surface area contributed by atoms with E-state index in [-0.39, 0.29) is 12.0 Å². The van der Waals surface area contributed by atoms with Crippen molar-refractivity contribution in [2.45, 2.75) is 45.6 Å². The maximum atomic E-state index is 11.0. The van der Waals surface area contributed by atoms with Crippen LogP contribution in [0.15, 0.2) is 0 Å². The standard InChI is InChI=1S/C12H23NO2/c1-9-4-5-11(6-9)8-13-10(2)7-12(14)15-3/h9-11,13H,4-8H2,1-3H3. The van der Waals surface area contributed by atoms with Gasteiger partial charge >= 0.3 is 5.97 Å². The van der Waals surface area contributed by atoms with Crippen LogP contribution in [0.1, 0.15) is 39.5 Å². The Bertz CT molecular complexity index is 206. The van der Waals surface area contributed by atoms with Crippen LogP contribution in [0.25, 0.3) is 0 Å². The topological polar surface area (TPSA) is 38.3 Å². The molecule has 88 valence electrons. The van der Waals surface area contributed by atoms with E-state index in [0.29, 0.717) is 6.42 Å². The van der Waals surface area contributed by atoms with Crippen LogP contribution in [0.4, 0.5) is 0 Å². The van der Waals surface area contributed by atoms with Crippen LogP contribution >= 0.6 is 0 Å². The fraction of sp³-hybridized carbons (Fsp3) is 0.917. The molecule has 1 N–H and O–H groups in total. The van der Waals surface area contributed by atoms with Crippen LogP contribution in [-0.2, 0) is 9.53 Å². The molecule has 1 fully saturated rings. The van der Waals surface area contributed by atoms with Gasteiger partial charge < -0.3 is 10.1 Å². The molecule has 0 spiro atoms. The minimum atomic E-state index is -0.130. The Balaban J connectivity index is 2.11. The van der Waals surface area contributed by atoms with Crippen molar-refractivity contribution in [3.63, 3.8) is 0 Å². The van der Waals surface area contributed by atoms with E-state index in [1.807, 2.05) is 6.92 Å². The van der Waals surface area contributed by atoms with Crippen LogP contribution in [0.2, 0.25) is 0 Å². The molecule has 0 amide bonds.